The number of aliphatic hydroxyl groups excluding tert-OH is 2. The lowest BCUT2D eigenvalue weighted by Crippen LogP contribution is -2.59. The molecule has 9 heteroatoms. The number of hydrogen-bond donors (Lipinski definition) is 3. The highest BCUT2D eigenvalue weighted by atomic mass is 16.5. The number of amides is 2. The molecule has 5 aliphatic rings. The molecule has 2 amide bonds. The zero-order valence-corrected chi connectivity index (χ0v) is 23.8. The van der Waals surface area contributed by atoms with Crippen molar-refractivity contribution in [3.05, 3.63) is 34.9 Å². The Balaban J connectivity index is 1.39. The maximum absolute atomic E-state index is 14.2. The average molecular weight is 567 g/mol. The van der Waals surface area contributed by atoms with Gasteiger partial charge in [0.15, 0.2) is 11.5 Å². The molecule has 1 aliphatic heterocycles. The van der Waals surface area contributed by atoms with Crippen LogP contribution >= 0.6 is 0 Å². The van der Waals surface area contributed by atoms with E-state index in [2.05, 4.69) is 5.32 Å². The van der Waals surface area contributed by atoms with Gasteiger partial charge in [-0.25, -0.2) is 0 Å². The normalized spacial score (nSPS) is 32.0. The van der Waals surface area contributed by atoms with Crippen LogP contribution in [-0.2, 0) is 9.59 Å². The number of fused-ring (bicyclic) bond motifs is 5. The van der Waals surface area contributed by atoms with E-state index in [1.54, 1.807) is 18.2 Å². The fourth-order valence-corrected chi connectivity index (χ4v) is 8.46. The second-order valence-corrected chi connectivity index (χ2v) is 12.6. The first-order chi connectivity index (χ1) is 19.9. The molecule has 3 fully saturated rings. The minimum absolute atomic E-state index is 0.0102. The summed E-state index contributed by atoms with van der Waals surface area (Å²) < 4.78 is 11.9. The van der Waals surface area contributed by atoms with Gasteiger partial charge in [0.05, 0.1) is 25.7 Å². The lowest BCUT2D eigenvalue weighted by Gasteiger charge is -2.45. The van der Waals surface area contributed by atoms with Crippen molar-refractivity contribution < 1.29 is 34.1 Å². The fourth-order valence-electron chi connectivity index (χ4n) is 8.46. The first kappa shape index (κ1) is 28.2. The number of carbonyl (C=O) groups is 3. The van der Waals surface area contributed by atoms with Gasteiger partial charge in [0.1, 0.15) is 18.5 Å². The van der Waals surface area contributed by atoms with E-state index in [0.717, 1.165) is 44.4 Å². The number of ether oxygens (including phenoxy) is 2. The summed E-state index contributed by atoms with van der Waals surface area (Å²) in [7, 11) is 1.48. The molecule has 0 radical (unpaired) electrons. The summed E-state index contributed by atoms with van der Waals surface area (Å²) in [6, 6.07) is 2.51. The van der Waals surface area contributed by atoms with E-state index in [1.807, 2.05) is 4.90 Å². The van der Waals surface area contributed by atoms with Crippen molar-refractivity contribution in [1.29, 1.82) is 0 Å². The highest BCUT2D eigenvalue weighted by Gasteiger charge is 2.52. The molecular weight excluding hydrogens is 524 g/mol. The third kappa shape index (κ3) is 5.16. The van der Waals surface area contributed by atoms with Crippen LogP contribution in [0.15, 0.2) is 23.8 Å². The van der Waals surface area contributed by atoms with Crippen LogP contribution in [0.25, 0.3) is 0 Å². The van der Waals surface area contributed by atoms with Gasteiger partial charge in [0, 0.05) is 35.7 Å². The summed E-state index contributed by atoms with van der Waals surface area (Å²) in [6.45, 7) is -0.146. The topological polar surface area (TPSA) is 125 Å². The molecule has 222 valence electrons. The van der Waals surface area contributed by atoms with E-state index >= 15 is 0 Å². The number of rotatable bonds is 9. The van der Waals surface area contributed by atoms with Crippen LogP contribution in [0.3, 0.4) is 0 Å². The Morgan fingerprint density at radius 2 is 1.95 bits per heavy atom. The summed E-state index contributed by atoms with van der Waals surface area (Å²) in [4.78, 5) is 41.4. The first-order valence-electron chi connectivity index (χ1n) is 15.4. The van der Waals surface area contributed by atoms with Crippen LogP contribution in [-0.4, -0.2) is 77.8 Å². The van der Waals surface area contributed by atoms with Crippen molar-refractivity contribution in [1.82, 2.24) is 10.2 Å². The minimum Gasteiger partial charge on any atom is -0.493 e. The van der Waals surface area contributed by atoms with E-state index in [4.69, 9.17) is 9.47 Å². The molecule has 3 saturated carbocycles. The van der Waals surface area contributed by atoms with Gasteiger partial charge >= 0.3 is 0 Å². The number of benzene rings is 1. The van der Waals surface area contributed by atoms with Crippen LogP contribution in [0.2, 0.25) is 0 Å². The summed E-state index contributed by atoms with van der Waals surface area (Å²) in [5, 5.41) is 24.1. The van der Waals surface area contributed by atoms with Gasteiger partial charge in [-0.3, -0.25) is 14.4 Å². The average Bonchev–Trinajstić information content (AvgIpc) is 3.72. The second kappa shape index (κ2) is 11.8. The zero-order valence-electron chi connectivity index (χ0n) is 23.8. The van der Waals surface area contributed by atoms with Crippen LogP contribution in [0.1, 0.15) is 86.0 Å². The maximum atomic E-state index is 14.2. The van der Waals surface area contributed by atoms with Gasteiger partial charge in [0.25, 0.3) is 0 Å². The van der Waals surface area contributed by atoms with Gasteiger partial charge in [-0.15, -0.1) is 0 Å². The Kier molecular flexibility index (Phi) is 8.10. The predicted molar refractivity (Wildman–Crippen MR) is 151 cm³/mol. The van der Waals surface area contributed by atoms with Gasteiger partial charge in [-0.05, 0) is 68.1 Å². The molecular formula is C32H42N2O7. The van der Waals surface area contributed by atoms with E-state index in [9.17, 15) is 24.6 Å². The Hall–Kier alpha value is -2.91. The largest absolute Gasteiger partial charge is 0.493 e. The van der Waals surface area contributed by atoms with Gasteiger partial charge in [-0.2, -0.15) is 0 Å². The molecule has 0 saturated heterocycles. The molecule has 6 rings (SSSR count). The third-order valence-electron chi connectivity index (χ3n) is 10.3. The molecule has 1 aromatic rings. The van der Waals surface area contributed by atoms with Crippen LogP contribution in [0, 0.1) is 17.8 Å². The van der Waals surface area contributed by atoms with Crippen LogP contribution < -0.4 is 14.8 Å². The predicted octanol–water partition coefficient (Wildman–Crippen LogP) is 3.12. The Labute approximate surface area is 241 Å². The highest BCUT2D eigenvalue weighted by Crippen LogP contribution is 2.53. The monoisotopic (exact) mass is 566 g/mol. The Morgan fingerprint density at radius 3 is 2.61 bits per heavy atom. The third-order valence-corrected chi connectivity index (χ3v) is 10.3. The van der Waals surface area contributed by atoms with Crippen molar-refractivity contribution in [2.75, 3.05) is 20.3 Å². The number of nitrogens with one attached hydrogen (secondary N) is 1. The van der Waals surface area contributed by atoms with E-state index < -0.39 is 24.2 Å². The Morgan fingerprint density at radius 1 is 1.15 bits per heavy atom. The number of methoxy groups -OCH3 is 1. The molecule has 7 unspecified atom stereocenters. The first-order valence-corrected chi connectivity index (χ1v) is 15.4. The number of aliphatic hydroxyl groups is 2. The standard InChI is InChI=1S/C32H42N2O7/c1-40-26-14-19(17-36)13-23-28-24(32(39)33-9-10-35)16-25(29(38)31(28)41-30(23)26)34(22-5-3-2-4-6-22)27(37)15-21-12-18-7-8-20(21)11-18/h13-14,16-18,20-22,25,28-29,31,35,38H,2-12,15H2,1H3,(H,33,39). The van der Waals surface area contributed by atoms with Gasteiger partial charge in [0.2, 0.25) is 11.8 Å². The summed E-state index contributed by atoms with van der Waals surface area (Å²) in [6.07, 6.45) is 10.8. The molecule has 7 atom stereocenters. The lowest BCUT2D eigenvalue weighted by atomic mass is 9.76. The molecule has 0 spiro atoms. The quantitative estimate of drug-likeness (QED) is 0.392. The molecule has 41 heavy (non-hydrogen) atoms. The molecule has 0 aromatic heterocycles. The van der Waals surface area contributed by atoms with Crippen molar-refractivity contribution >= 4 is 18.1 Å². The summed E-state index contributed by atoms with van der Waals surface area (Å²) >= 11 is 0. The Bertz CT molecular complexity index is 1210. The fraction of sp³-hybridized carbons (Fsp3) is 0.656. The minimum atomic E-state index is -1.09. The highest BCUT2D eigenvalue weighted by molar-refractivity contribution is 5.96. The molecule has 9 nitrogen and oxygen atoms in total. The molecule has 3 N–H and O–H groups in total. The zero-order chi connectivity index (χ0) is 28.7. The van der Waals surface area contributed by atoms with Crippen LogP contribution in [0.5, 0.6) is 11.5 Å². The number of hydrogen-bond acceptors (Lipinski definition) is 7. The van der Waals surface area contributed by atoms with E-state index in [1.165, 1.54) is 26.4 Å². The SMILES string of the molecule is COc1cc(C=O)cc2c1OC1C2C(C(=O)NCCO)=CC(N(C(=O)CC2CC3CCC2C3)C2CCCCC2)C1O. The second-order valence-electron chi connectivity index (χ2n) is 12.6. The number of aldehydes is 1. The van der Waals surface area contributed by atoms with Crippen LogP contribution in [0.4, 0.5) is 0 Å². The van der Waals surface area contributed by atoms with Crippen molar-refractivity contribution in [3.8, 4) is 11.5 Å². The summed E-state index contributed by atoms with van der Waals surface area (Å²) in [5.41, 5.74) is 1.34. The molecule has 1 heterocycles. The van der Waals surface area contributed by atoms with E-state index in [0.29, 0.717) is 52.7 Å². The van der Waals surface area contributed by atoms with Crippen molar-refractivity contribution in [2.24, 2.45) is 17.8 Å². The molecule has 1 aromatic carbocycles. The van der Waals surface area contributed by atoms with Gasteiger partial charge in [-0.1, -0.05) is 25.7 Å². The number of carbonyl (C=O) groups excluding carboxylic acids is 3. The number of nitrogens with zero attached hydrogens (tertiary/aromatic N) is 1. The lowest BCUT2D eigenvalue weighted by molar-refractivity contribution is -0.142. The molecule has 2 bridgehead atoms. The van der Waals surface area contributed by atoms with Crippen molar-refractivity contribution in [2.45, 2.75) is 94.4 Å². The van der Waals surface area contributed by atoms with Gasteiger partial charge < -0.3 is 29.9 Å². The van der Waals surface area contributed by atoms with E-state index in [-0.39, 0.29) is 31.0 Å². The summed E-state index contributed by atoms with van der Waals surface area (Å²) in [5.74, 6) is 1.50. The smallest absolute Gasteiger partial charge is 0.247 e. The maximum Gasteiger partial charge on any atom is 0.247 e. The van der Waals surface area contributed by atoms with Crippen molar-refractivity contribution in [3.63, 3.8) is 0 Å². The molecule has 4 aliphatic carbocycles.